The zero-order chi connectivity index (χ0) is 22.8. The van der Waals surface area contributed by atoms with E-state index >= 15 is 0 Å². The van der Waals surface area contributed by atoms with Crippen LogP contribution in [0.2, 0.25) is 0 Å². The summed E-state index contributed by atoms with van der Waals surface area (Å²) in [5, 5.41) is 2.66. The first kappa shape index (κ1) is 23.2. The average molecular weight is 468 g/mol. The van der Waals surface area contributed by atoms with Gasteiger partial charge in [0.05, 0.1) is 12.0 Å². The highest BCUT2D eigenvalue weighted by molar-refractivity contribution is 7.89. The van der Waals surface area contributed by atoms with E-state index in [1.165, 1.54) is 68.0 Å². The lowest BCUT2D eigenvalue weighted by Gasteiger charge is -2.18. The SMILES string of the molecule is COc1ccc(C(=O)Nc2ccc(S(=O)(=O)N(C)C)cc2)cc1S(=O)(=O)N1CCCC1. The van der Waals surface area contributed by atoms with Gasteiger partial charge in [-0.25, -0.2) is 21.1 Å². The third-order valence-corrected chi connectivity index (χ3v) is 8.75. The highest BCUT2D eigenvalue weighted by Crippen LogP contribution is 2.30. The Morgan fingerprint density at radius 1 is 1.00 bits per heavy atom. The molecule has 1 aliphatic heterocycles. The van der Waals surface area contributed by atoms with E-state index in [0.717, 1.165) is 17.1 Å². The van der Waals surface area contributed by atoms with Crippen LogP contribution in [0.5, 0.6) is 5.75 Å². The minimum atomic E-state index is -3.78. The fraction of sp³-hybridized carbons (Fsp3) is 0.350. The molecule has 1 heterocycles. The maximum atomic E-state index is 13.0. The van der Waals surface area contributed by atoms with Gasteiger partial charge in [-0.2, -0.15) is 4.31 Å². The van der Waals surface area contributed by atoms with Crippen LogP contribution in [-0.4, -0.2) is 65.6 Å². The fourth-order valence-corrected chi connectivity index (χ4v) is 5.81. The lowest BCUT2D eigenvalue weighted by molar-refractivity contribution is 0.102. The molecule has 0 saturated carbocycles. The van der Waals surface area contributed by atoms with Crippen molar-refractivity contribution in [1.29, 1.82) is 0 Å². The maximum absolute atomic E-state index is 13.0. The van der Waals surface area contributed by atoms with Crippen LogP contribution in [0, 0.1) is 0 Å². The van der Waals surface area contributed by atoms with E-state index in [2.05, 4.69) is 5.32 Å². The highest BCUT2D eigenvalue weighted by Gasteiger charge is 2.30. The Morgan fingerprint density at radius 3 is 2.16 bits per heavy atom. The van der Waals surface area contributed by atoms with Crippen molar-refractivity contribution in [3.05, 3.63) is 48.0 Å². The van der Waals surface area contributed by atoms with Crippen LogP contribution in [0.3, 0.4) is 0 Å². The number of carbonyl (C=O) groups is 1. The van der Waals surface area contributed by atoms with Crippen molar-refractivity contribution < 1.29 is 26.4 Å². The number of ether oxygens (including phenoxy) is 1. The molecule has 0 atom stereocenters. The average Bonchev–Trinajstić information content (AvgIpc) is 3.29. The van der Waals surface area contributed by atoms with Crippen LogP contribution in [0.25, 0.3) is 0 Å². The molecule has 2 aromatic carbocycles. The van der Waals surface area contributed by atoms with Gasteiger partial charge in [-0.3, -0.25) is 4.79 Å². The molecule has 1 fully saturated rings. The summed E-state index contributed by atoms with van der Waals surface area (Å²) >= 11 is 0. The molecule has 0 aromatic heterocycles. The van der Waals surface area contributed by atoms with Gasteiger partial charge in [0.2, 0.25) is 20.0 Å². The van der Waals surface area contributed by atoms with Crippen LogP contribution in [0.1, 0.15) is 23.2 Å². The quantitative estimate of drug-likeness (QED) is 0.666. The van der Waals surface area contributed by atoms with E-state index in [9.17, 15) is 21.6 Å². The summed E-state index contributed by atoms with van der Waals surface area (Å²) in [4.78, 5) is 12.8. The Kier molecular flexibility index (Phi) is 6.70. The molecule has 9 nitrogen and oxygen atoms in total. The van der Waals surface area contributed by atoms with Gasteiger partial charge in [0.15, 0.2) is 0 Å². The Bertz CT molecular complexity index is 1170. The van der Waals surface area contributed by atoms with Crippen molar-refractivity contribution in [2.45, 2.75) is 22.6 Å². The minimum absolute atomic E-state index is 0.0584. The summed E-state index contributed by atoms with van der Waals surface area (Å²) in [7, 11) is -3.12. The lowest BCUT2D eigenvalue weighted by Crippen LogP contribution is -2.28. The largest absolute Gasteiger partial charge is 0.495 e. The molecule has 3 rings (SSSR count). The monoisotopic (exact) mass is 467 g/mol. The standard InChI is InChI=1S/C20H25N3O6S2/c1-22(2)30(25,26)17-9-7-16(8-10-17)21-20(24)15-6-11-18(29-3)19(14-15)31(27,28)23-12-4-5-13-23/h6-11,14H,4-5,12-13H2,1-3H3,(H,21,24). The summed E-state index contributed by atoms with van der Waals surface area (Å²) in [5.74, 6) is -0.356. The Morgan fingerprint density at radius 2 is 1.61 bits per heavy atom. The third kappa shape index (κ3) is 4.74. The summed E-state index contributed by atoms with van der Waals surface area (Å²) in [6.07, 6.45) is 1.59. The van der Waals surface area contributed by atoms with Gasteiger partial charge in [-0.15, -0.1) is 0 Å². The molecule has 0 bridgehead atoms. The third-order valence-electron chi connectivity index (χ3n) is 5.00. The lowest BCUT2D eigenvalue weighted by atomic mass is 10.2. The first-order chi connectivity index (χ1) is 14.6. The van der Waals surface area contributed by atoms with Gasteiger partial charge in [0, 0.05) is 38.4 Å². The fourth-order valence-electron chi connectivity index (χ4n) is 3.21. The number of sulfonamides is 2. The molecule has 2 aromatic rings. The second-order valence-corrected chi connectivity index (χ2v) is 11.3. The van der Waals surface area contributed by atoms with Crippen molar-refractivity contribution in [3.8, 4) is 5.75 Å². The zero-order valence-corrected chi connectivity index (χ0v) is 19.2. The maximum Gasteiger partial charge on any atom is 0.255 e. The number of hydrogen-bond donors (Lipinski definition) is 1. The van der Waals surface area contributed by atoms with Gasteiger partial charge in [0.25, 0.3) is 5.91 Å². The number of benzene rings is 2. The summed E-state index contributed by atoms with van der Waals surface area (Å²) in [6, 6.07) is 9.95. The molecule has 11 heteroatoms. The van der Waals surface area contributed by atoms with E-state index in [-0.39, 0.29) is 21.1 Å². The van der Waals surface area contributed by atoms with Crippen LogP contribution in [-0.2, 0) is 20.0 Å². The molecule has 0 unspecified atom stereocenters. The molecule has 1 amide bonds. The number of carbonyl (C=O) groups excluding carboxylic acids is 1. The van der Waals surface area contributed by atoms with Crippen molar-refractivity contribution in [1.82, 2.24) is 8.61 Å². The number of amides is 1. The van der Waals surface area contributed by atoms with E-state index < -0.39 is 26.0 Å². The van der Waals surface area contributed by atoms with Crippen molar-refractivity contribution >= 4 is 31.6 Å². The second-order valence-electron chi connectivity index (χ2n) is 7.24. The predicted molar refractivity (Wildman–Crippen MR) is 116 cm³/mol. The summed E-state index contributed by atoms with van der Waals surface area (Å²) in [5.41, 5.74) is 0.519. The molecule has 0 radical (unpaired) electrons. The van der Waals surface area contributed by atoms with Crippen LogP contribution in [0.4, 0.5) is 5.69 Å². The molecule has 0 spiro atoms. The zero-order valence-electron chi connectivity index (χ0n) is 17.5. The van der Waals surface area contributed by atoms with E-state index in [1.807, 2.05) is 0 Å². The minimum Gasteiger partial charge on any atom is -0.495 e. The van der Waals surface area contributed by atoms with E-state index in [4.69, 9.17) is 4.74 Å². The molecule has 1 N–H and O–H groups in total. The van der Waals surface area contributed by atoms with Crippen molar-refractivity contribution in [2.24, 2.45) is 0 Å². The van der Waals surface area contributed by atoms with E-state index in [0.29, 0.717) is 18.8 Å². The van der Waals surface area contributed by atoms with Crippen molar-refractivity contribution in [2.75, 3.05) is 39.6 Å². The first-order valence-corrected chi connectivity index (χ1v) is 12.5. The number of rotatable bonds is 7. The van der Waals surface area contributed by atoms with Crippen molar-refractivity contribution in [3.63, 3.8) is 0 Å². The van der Waals surface area contributed by atoms with Gasteiger partial charge >= 0.3 is 0 Å². The van der Waals surface area contributed by atoms with Gasteiger partial charge in [-0.1, -0.05) is 0 Å². The number of hydrogen-bond acceptors (Lipinski definition) is 6. The molecule has 1 saturated heterocycles. The Labute approximate surface area is 182 Å². The Balaban J connectivity index is 1.86. The number of nitrogens with zero attached hydrogens (tertiary/aromatic N) is 2. The predicted octanol–water partition coefficient (Wildman–Crippen LogP) is 1.98. The smallest absolute Gasteiger partial charge is 0.255 e. The number of nitrogens with one attached hydrogen (secondary N) is 1. The van der Waals surface area contributed by atoms with Crippen LogP contribution < -0.4 is 10.1 Å². The molecular weight excluding hydrogens is 442 g/mol. The topological polar surface area (TPSA) is 113 Å². The highest BCUT2D eigenvalue weighted by atomic mass is 32.2. The van der Waals surface area contributed by atoms with Gasteiger partial charge < -0.3 is 10.1 Å². The second kappa shape index (κ2) is 8.95. The van der Waals surface area contributed by atoms with Gasteiger partial charge in [-0.05, 0) is 55.3 Å². The van der Waals surface area contributed by atoms with Crippen LogP contribution in [0.15, 0.2) is 52.3 Å². The number of anilines is 1. The summed E-state index contributed by atoms with van der Waals surface area (Å²) in [6.45, 7) is 0.869. The normalized spacial score (nSPS) is 15.2. The molecule has 168 valence electrons. The number of methoxy groups -OCH3 is 1. The molecule has 0 aliphatic carbocycles. The molecule has 1 aliphatic rings. The Hall–Kier alpha value is -2.47. The molecule has 31 heavy (non-hydrogen) atoms. The first-order valence-electron chi connectivity index (χ1n) is 9.59. The summed E-state index contributed by atoms with van der Waals surface area (Å²) < 4.78 is 58.0. The molecular formula is C20H25N3O6S2. The van der Waals surface area contributed by atoms with Crippen LogP contribution >= 0.6 is 0 Å². The van der Waals surface area contributed by atoms with Gasteiger partial charge in [0.1, 0.15) is 10.6 Å². The van der Waals surface area contributed by atoms with E-state index in [1.54, 1.807) is 0 Å².